The van der Waals surface area contributed by atoms with Gasteiger partial charge in [-0.2, -0.15) is 0 Å². The molecule has 0 aliphatic carbocycles. The molecule has 8 heteroatoms. The zero-order chi connectivity index (χ0) is 21.5. The number of anilines is 2. The van der Waals surface area contributed by atoms with Gasteiger partial charge in [0.15, 0.2) is 5.82 Å². The lowest BCUT2D eigenvalue weighted by Crippen LogP contribution is -2.00. The number of nitrogens with zero attached hydrogens (tertiary/aromatic N) is 4. The zero-order valence-electron chi connectivity index (χ0n) is 16.8. The van der Waals surface area contributed by atoms with Crippen molar-refractivity contribution in [2.45, 2.75) is 4.90 Å². The average Bonchev–Trinajstić information content (AvgIpc) is 3.15. The number of fused-ring (bicyclic) bond motifs is 2. The third-order valence-corrected chi connectivity index (χ3v) is 6.19. The molecule has 154 valence electrons. The first kappa shape index (κ1) is 19.3. The van der Waals surface area contributed by atoms with E-state index in [2.05, 4.69) is 20.3 Å². The Kier molecular flexibility index (Phi) is 4.71. The second-order valence-electron chi connectivity index (χ2n) is 7.19. The van der Waals surface area contributed by atoms with E-state index in [9.17, 15) is 4.21 Å². The molecule has 5 rings (SSSR count). The second kappa shape index (κ2) is 7.55. The lowest BCUT2D eigenvalue weighted by molar-refractivity contribution is 0.635. The molecule has 0 amide bonds. The summed E-state index contributed by atoms with van der Waals surface area (Å²) in [6.07, 6.45) is 9.86. The Morgan fingerprint density at radius 1 is 1.03 bits per heavy atom. The Morgan fingerprint density at radius 3 is 2.71 bits per heavy atom. The van der Waals surface area contributed by atoms with Crippen LogP contribution in [-0.4, -0.2) is 30.0 Å². The predicted octanol–water partition coefficient (Wildman–Crippen LogP) is 4.80. The van der Waals surface area contributed by atoms with Gasteiger partial charge in [-0.3, -0.25) is 19.2 Å². The van der Waals surface area contributed by atoms with Crippen LogP contribution in [0.3, 0.4) is 0 Å². The monoisotopic (exact) mass is 431 g/mol. The van der Waals surface area contributed by atoms with E-state index < -0.39 is 10.8 Å². The molecule has 3 heterocycles. The fourth-order valence-corrected chi connectivity index (χ4v) is 4.45. The molecule has 1 atom stereocenters. The highest BCUT2D eigenvalue weighted by atomic mass is 32.2. The molecule has 0 bridgehead atoms. The smallest absolute Gasteiger partial charge is 0.155 e. The Morgan fingerprint density at radius 2 is 1.87 bits per heavy atom. The van der Waals surface area contributed by atoms with Crippen molar-refractivity contribution in [2.24, 2.45) is 7.05 Å². The highest BCUT2D eigenvalue weighted by molar-refractivity contribution is 7.84. The summed E-state index contributed by atoms with van der Waals surface area (Å²) in [7, 11) is 0.626. The maximum Gasteiger partial charge on any atom is 0.155 e. The number of nitrogens with one attached hydrogen (secondary N) is 1. The van der Waals surface area contributed by atoms with E-state index in [0.717, 1.165) is 5.39 Å². The van der Waals surface area contributed by atoms with Crippen molar-refractivity contribution in [1.29, 1.82) is 0 Å². The van der Waals surface area contributed by atoms with E-state index in [4.69, 9.17) is 0 Å². The van der Waals surface area contributed by atoms with Gasteiger partial charge in [-0.25, -0.2) is 4.39 Å². The van der Waals surface area contributed by atoms with Crippen LogP contribution in [0.5, 0.6) is 0 Å². The first-order valence-electron chi connectivity index (χ1n) is 9.56. The summed E-state index contributed by atoms with van der Waals surface area (Å²) in [6, 6.07) is 10.9. The van der Waals surface area contributed by atoms with Crippen LogP contribution >= 0.6 is 0 Å². The normalized spacial score (nSPS) is 12.4. The maximum atomic E-state index is 15.6. The summed E-state index contributed by atoms with van der Waals surface area (Å²) >= 11 is 0. The van der Waals surface area contributed by atoms with Gasteiger partial charge < -0.3 is 9.88 Å². The summed E-state index contributed by atoms with van der Waals surface area (Å²) < 4.78 is 29.4. The first-order chi connectivity index (χ1) is 15.0. The highest BCUT2D eigenvalue weighted by Crippen LogP contribution is 2.36. The van der Waals surface area contributed by atoms with Gasteiger partial charge in [0.2, 0.25) is 0 Å². The van der Waals surface area contributed by atoms with Gasteiger partial charge in [0, 0.05) is 60.3 Å². The molecule has 0 saturated carbocycles. The van der Waals surface area contributed by atoms with Gasteiger partial charge in [-0.15, -0.1) is 0 Å². The Balaban J connectivity index is 1.72. The number of aromatic nitrogens is 4. The molecule has 3 aromatic heterocycles. The molecule has 0 aliphatic rings. The van der Waals surface area contributed by atoms with Crippen LogP contribution in [0.2, 0.25) is 0 Å². The predicted molar refractivity (Wildman–Crippen MR) is 121 cm³/mol. The van der Waals surface area contributed by atoms with E-state index in [1.807, 2.05) is 37.5 Å². The zero-order valence-corrected chi connectivity index (χ0v) is 17.7. The fraction of sp³-hybridized carbons (Fsp3) is 0.0870. The number of pyridine rings is 1. The number of rotatable bonds is 4. The van der Waals surface area contributed by atoms with Gasteiger partial charge >= 0.3 is 0 Å². The Labute approximate surface area is 180 Å². The van der Waals surface area contributed by atoms with Crippen LogP contribution < -0.4 is 5.32 Å². The van der Waals surface area contributed by atoms with Gasteiger partial charge in [0.1, 0.15) is 0 Å². The largest absolute Gasteiger partial charge is 0.353 e. The fourth-order valence-electron chi connectivity index (χ4n) is 3.78. The van der Waals surface area contributed by atoms with Crippen LogP contribution in [0.4, 0.5) is 15.8 Å². The van der Waals surface area contributed by atoms with Crippen molar-refractivity contribution in [3.63, 3.8) is 0 Å². The summed E-state index contributed by atoms with van der Waals surface area (Å²) in [4.78, 5) is 13.6. The highest BCUT2D eigenvalue weighted by Gasteiger charge is 2.17. The topological polar surface area (TPSA) is 72.7 Å². The third kappa shape index (κ3) is 3.34. The van der Waals surface area contributed by atoms with E-state index >= 15 is 4.39 Å². The molecule has 5 aromatic rings. The minimum atomic E-state index is -1.19. The van der Waals surface area contributed by atoms with Gasteiger partial charge in [-0.1, -0.05) is 12.1 Å². The number of benzene rings is 2. The molecule has 0 aliphatic heterocycles. The number of hydrogen-bond acceptors (Lipinski definition) is 5. The first-order valence-corrected chi connectivity index (χ1v) is 11.1. The van der Waals surface area contributed by atoms with Gasteiger partial charge in [0.05, 0.1) is 44.1 Å². The van der Waals surface area contributed by atoms with Crippen molar-refractivity contribution in [3.05, 3.63) is 73.2 Å². The SMILES string of the molecule is Cn1ccc2ccc(-c3cc(Nc4cnccc4S(C)=O)cc4nccnc34)c(F)c21. The molecular formula is C23H18FN5OS. The molecular weight excluding hydrogens is 413 g/mol. The molecule has 1 N–H and O–H groups in total. The maximum absolute atomic E-state index is 15.6. The molecule has 0 radical (unpaired) electrons. The lowest BCUT2D eigenvalue weighted by atomic mass is 10.0. The second-order valence-corrected chi connectivity index (χ2v) is 8.54. The molecule has 31 heavy (non-hydrogen) atoms. The third-order valence-electron chi connectivity index (χ3n) is 5.21. The van der Waals surface area contributed by atoms with Crippen molar-refractivity contribution < 1.29 is 8.60 Å². The molecule has 2 aromatic carbocycles. The van der Waals surface area contributed by atoms with Crippen LogP contribution in [0, 0.1) is 5.82 Å². The van der Waals surface area contributed by atoms with Gasteiger partial charge in [-0.05, 0) is 24.3 Å². The van der Waals surface area contributed by atoms with Crippen LogP contribution in [0.25, 0.3) is 33.1 Å². The molecule has 6 nitrogen and oxygen atoms in total. The minimum absolute atomic E-state index is 0.314. The minimum Gasteiger partial charge on any atom is -0.353 e. The van der Waals surface area contributed by atoms with Crippen LogP contribution in [-0.2, 0) is 17.8 Å². The van der Waals surface area contributed by atoms with E-state index in [-0.39, 0.29) is 5.82 Å². The number of aryl methyl sites for hydroxylation is 1. The van der Waals surface area contributed by atoms with Crippen molar-refractivity contribution in [2.75, 3.05) is 11.6 Å². The summed E-state index contributed by atoms with van der Waals surface area (Å²) in [5.74, 6) is -0.314. The molecule has 0 fully saturated rings. The molecule has 0 saturated heterocycles. The average molecular weight is 431 g/mol. The summed E-state index contributed by atoms with van der Waals surface area (Å²) in [6.45, 7) is 0. The Bertz CT molecular complexity index is 1480. The quantitative estimate of drug-likeness (QED) is 0.442. The molecule has 0 spiro atoms. The number of hydrogen-bond donors (Lipinski definition) is 1. The van der Waals surface area contributed by atoms with E-state index in [1.165, 1.54) is 0 Å². The lowest BCUT2D eigenvalue weighted by Gasteiger charge is -2.14. The number of halogens is 1. The summed E-state index contributed by atoms with van der Waals surface area (Å²) in [5.41, 5.74) is 4.11. The summed E-state index contributed by atoms with van der Waals surface area (Å²) in [5, 5.41) is 4.10. The van der Waals surface area contributed by atoms with Crippen molar-refractivity contribution in [1.82, 2.24) is 19.5 Å². The standard InChI is InChI=1S/C23H18FN5OS/c1-29-10-6-14-3-4-16(21(24)23(14)29)17-11-15(12-18-22(17)27-9-8-26-18)28-19-13-25-7-5-20(19)31(2)30/h3-13,28H,1-2H3. The van der Waals surface area contributed by atoms with Crippen LogP contribution in [0.15, 0.2) is 72.3 Å². The van der Waals surface area contributed by atoms with Crippen molar-refractivity contribution in [3.8, 4) is 11.1 Å². The Hall–Kier alpha value is -3.65. The van der Waals surface area contributed by atoms with E-state index in [1.54, 1.807) is 47.7 Å². The van der Waals surface area contributed by atoms with Crippen LogP contribution in [0.1, 0.15) is 0 Å². The van der Waals surface area contributed by atoms with E-state index in [0.29, 0.717) is 43.9 Å². The van der Waals surface area contributed by atoms with Gasteiger partial charge in [0.25, 0.3) is 0 Å². The van der Waals surface area contributed by atoms with Crippen molar-refractivity contribution >= 4 is 44.1 Å². The molecule has 1 unspecified atom stereocenters.